The summed E-state index contributed by atoms with van der Waals surface area (Å²) in [5.41, 5.74) is 7.56. The summed E-state index contributed by atoms with van der Waals surface area (Å²) >= 11 is 1.61. The molecule has 512 valence electrons. The molecule has 0 amide bonds. The average Bonchev–Trinajstić information content (AvgIpc) is 0.807. The maximum absolute atomic E-state index is 14.5. The second-order valence-electron chi connectivity index (χ2n) is 28.9. The van der Waals surface area contributed by atoms with Crippen LogP contribution in [0.1, 0.15) is 158 Å². The molecule has 12 nitrogen and oxygen atoms in total. The molecule has 0 aliphatic carbocycles. The molecular formula is C74H78BClF8N10O2Pt. The summed E-state index contributed by atoms with van der Waals surface area (Å²) in [6.07, 6.45) is 9.65. The van der Waals surface area contributed by atoms with Gasteiger partial charge in [-0.1, -0.05) is 137 Å². The molecular weight excluding hydrogens is 1450 g/mol. The van der Waals surface area contributed by atoms with Crippen LogP contribution >= 0.6 is 9.42 Å². The van der Waals surface area contributed by atoms with Gasteiger partial charge in [-0.3, -0.25) is 34.9 Å². The molecule has 0 fully saturated rings. The van der Waals surface area contributed by atoms with Crippen molar-refractivity contribution in [2.24, 2.45) is 0 Å². The molecule has 0 saturated heterocycles. The molecule has 0 spiro atoms. The van der Waals surface area contributed by atoms with Crippen molar-refractivity contribution < 1.29 is 63.9 Å². The molecule has 10 aromatic heterocycles. The van der Waals surface area contributed by atoms with Crippen molar-refractivity contribution in [2.75, 3.05) is 0 Å². The molecule has 23 heteroatoms. The van der Waals surface area contributed by atoms with Crippen molar-refractivity contribution in [3.05, 3.63) is 221 Å². The van der Waals surface area contributed by atoms with E-state index in [4.69, 9.17) is 10.0 Å². The maximum atomic E-state index is 14.5. The van der Waals surface area contributed by atoms with Crippen molar-refractivity contribution in [1.29, 1.82) is 0 Å². The van der Waals surface area contributed by atoms with Crippen LogP contribution in [0.2, 0.25) is 0 Å². The molecule has 0 atom stereocenters. The van der Waals surface area contributed by atoms with Gasteiger partial charge in [-0.15, -0.1) is 6.07 Å². The average molecular weight is 1530 g/mol. The Balaban J connectivity index is 0.000000205. The first-order valence-electron chi connectivity index (χ1n) is 30.6. The zero-order chi connectivity index (χ0) is 72.5. The van der Waals surface area contributed by atoms with E-state index in [-0.39, 0.29) is 71.6 Å². The summed E-state index contributed by atoms with van der Waals surface area (Å²) in [6.45, 7) is 36.9. The number of pyridine rings is 10. The zero-order valence-corrected chi connectivity index (χ0v) is 60.4. The number of halogens is 9. The molecule has 0 aromatic carbocycles. The monoisotopic (exact) mass is 1530 g/mol. The van der Waals surface area contributed by atoms with Gasteiger partial charge >= 0.3 is 35.3 Å². The van der Waals surface area contributed by atoms with E-state index in [9.17, 15) is 35.1 Å². The van der Waals surface area contributed by atoms with E-state index in [2.05, 4.69) is 169 Å². The van der Waals surface area contributed by atoms with Crippen LogP contribution in [0.25, 0.3) is 67.5 Å². The van der Waals surface area contributed by atoms with Crippen LogP contribution in [-0.2, 0) is 51.3 Å². The summed E-state index contributed by atoms with van der Waals surface area (Å²) in [5.74, 6) is -7.61. The van der Waals surface area contributed by atoms with Gasteiger partial charge in [0, 0.05) is 54.0 Å². The molecule has 0 aliphatic rings. The SMILES string of the molecule is CC(C)(C)c1ccnc(-c2[c-]c(-c3cc(C(C)(C)C)ccn3)c(F)nc2F)c1.CC(C)(C)c1ccnc(-c2cc(-c3cc(C(C)(C)C)ccn3)c(F)nc2F)c1.CC(C)(C)c1ccnc(-c2cc(B(O)O)c(F)nc2F)c1.CC(C)(C)c1ccnc(-c2ccc(F)nc2F)c1.[Cl][Pt+]. The van der Waals surface area contributed by atoms with E-state index in [1.807, 2.05) is 63.2 Å². The number of nitrogens with zero attached hydrogens (tertiary/aromatic N) is 10. The van der Waals surface area contributed by atoms with Gasteiger partial charge in [-0.25, -0.2) is 8.78 Å². The summed E-state index contributed by atoms with van der Waals surface area (Å²) in [4.78, 5) is 38.4. The van der Waals surface area contributed by atoms with Gasteiger partial charge in [0.2, 0.25) is 35.7 Å². The molecule has 0 bridgehead atoms. The second-order valence-corrected chi connectivity index (χ2v) is 28.9. The number of hydrogen-bond donors (Lipinski definition) is 2. The first-order chi connectivity index (χ1) is 45.0. The van der Waals surface area contributed by atoms with Gasteiger partial charge in [0.05, 0.1) is 45.0 Å². The summed E-state index contributed by atoms with van der Waals surface area (Å²) < 4.78 is 112. The number of hydrogen-bond acceptors (Lipinski definition) is 12. The van der Waals surface area contributed by atoms with Crippen LogP contribution in [0.15, 0.2) is 134 Å². The Morgan fingerprint density at radius 1 is 0.309 bits per heavy atom. The topological polar surface area (TPSA) is 169 Å². The van der Waals surface area contributed by atoms with Gasteiger partial charge in [0.15, 0.2) is 0 Å². The van der Waals surface area contributed by atoms with Crippen LogP contribution in [0.5, 0.6) is 0 Å². The van der Waals surface area contributed by atoms with Crippen molar-refractivity contribution in [3.8, 4) is 67.5 Å². The van der Waals surface area contributed by atoms with Crippen LogP contribution in [0.3, 0.4) is 0 Å². The zero-order valence-electron chi connectivity index (χ0n) is 57.4. The van der Waals surface area contributed by atoms with E-state index in [1.54, 1.807) is 80.1 Å². The predicted molar refractivity (Wildman–Crippen MR) is 363 cm³/mol. The molecule has 10 heterocycles. The third kappa shape index (κ3) is 20.7. The fraction of sp³-hybridized carbons (Fsp3) is 0.324. The Kier molecular flexibility index (Phi) is 25.4. The van der Waals surface area contributed by atoms with Crippen molar-refractivity contribution in [3.63, 3.8) is 0 Å². The Hall–Kier alpha value is -8.10. The van der Waals surface area contributed by atoms with E-state index in [0.717, 1.165) is 45.5 Å². The number of aromatic nitrogens is 10. The molecule has 10 aromatic rings. The molecule has 0 aliphatic heterocycles. The first kappa shape index (κ1) is 77.9. The quantitative estimate of drug-likeness (QED) is 0.0671. The standard InChI is InChI=1S/C23H25F2N3.C23H24F2N3.C14H15BF2N2O2.C14H14F2N2.ClH.Pt/c2*1-22(2,3)14-7-9-26-18(11-14)16-13-17(21(25)28-20(16)24)19-12-15(8-10-27-19)23(4,5)6;1-14(2,3)8-4-5-18-11(6-8)9-7-10(15(20)21)13(17)19-12(9)16;1-14(2,3)9-6-7-17-11(8-9)10-4-5-12(15)18-13(10)16;;/h7-13H,1-6H3;7-12H,1-6H3;4-7,20-21H,1-3H3;4-8H,1-3H3;1H;/q;-1;;;;+2/p-1. The third-order valence-electron chi connectivity index (χ3n) is 15.2. The fourth-order valence-corrected chi connectivity index (χ4v) is 9.29. The first-order valence-corrected chi connectivity index (χ1v) is 33.4. The van der Waals surface area contributed by atoms with Gasteiger partial charge in [0.25, 0.3) is 0 Å². The Bertz CT molecular complexity index is 4070. The number of rotatable bonds is 7. The normalized spacial score (nSPS) is 11.8. The van der Waals surface area contributed by atoms with Crippen LogP contribution in [0.4, 0.5) is 35.1 Å². The van der Waals surface area contributed by atoms with E-state index in [1.165, 1.54) is 18.3 Å². The summed E-state index contributed by atoms with van der Waals surface area (Å²) in [6, 6.07) is 29.7. The predicted octanol–water partition coefficient (Wildman–Crippen LogP) is 17.8. The third-order valence-corrected chi connectivity index (χ3v) is 15.2. The molecule has 10 rings (SSSR count). The molecule has 97 heavy (non-hydrogen) atoms. The Labute approximate surface area is 578 Å². The van der Waals surface area contributed by atoms with E-state index in [0.29, 0.717) is 28.5 Å². The molecule has 0 radical (unpaired) electrons. The Morgan fingerprint density at radius 3 is 0.845 bits per heavy atom. The Morgan fingerprint density at radius 2 is 0.557 bits per heavy atom. The van der Waals surface area contributed by atoms with E-state index >= 15 is 0 Å². The van der Waals surface area contributed by atoms with E-state index < -0.39 is 60.2 Å². The summed E-state index contributed by atoms with van der Waals surface area (Å²) in [5, 5.41) is 18.2. The minimum atomic E-state index is -2.07. The molecule has 0 saturated carbocycles. The van der Waals surface area contributed by atoms with Crippen molar-refractivity contribution in [2.45, 2.75) is 157 Å². The van der Waals surface area contributed by atoms with Crippen LogP contribution < -0.4 is 5.46 Å². The van der Waals surface area contributed by atoms with Crippen LogP contribution in [-0.4, -0.2) is 67.0 Å². The summed E-state index contributed by atoms with van der Waals surface area (Å²) in [7, 11) is 2.54. The molecule has 2 N–H and O–H groups in total. The minimum absolute atomic E-state index is 0.0328. The fourth-order valence-electron chi connectivity index (χ4n) is 9.29. The second kappa shape index (κ2) is 31.6. The van der Waals surface area contributed by atoms with Crippen molar-refractivity contribution in [1.82, 2.24) is 49.8 Å². The molecule has 0 unspecified atom stereocenters. The van der Waals surface area contributed by atoms with Gasteiger partial charge in [0.1, 0.15) is 11.9 Å². The van der Waals surface area contributed by atoms with Crippen molar-refractivity contribution >= 4 is 22.0 Å². The van der Waals surface area contributed by atoms with Crippen LogP contribution in [0, 0.1) is 53.6 Å². The van der Waals surface area contributed by atoms with Gasteiger partial charge in [-0.2, -0.15) is 41.3 Å². The van der Waals surface area contributed by atoms with Gasteiger partial charge in [-0.05, 0) is 162 Å². The van der Waals surface area contributed by atoms with Gasteiger partial charge < -0.3 is 10.0 Å².